The fourth-order valence-electron chi connectivity index (χ4n) is 2.26. The number of carboxylic acids is 1. The van der Waals surface area contributed by atoms with E-state index in [0.717, 1.165) is 10.8 Å². The minimum absolute atomic E-state index is 0.00888. The highest BCUT2D eigenvalue weighted by molar-refractivity contribution is 5.85. The van der Waals surface area contributed by atoms with Crippen molar-refractivity contribution in [1.82, 2.24) is 0 Å². The van der Waals surface area contributed by atoms with Crippen LogP contribution in [0.5, 0.6) is 0 Å². The summed E-state index contributed by atoms with van der Waals surface area (Å²) >= 11 is 0. The Labute approximate surface area is 112 Å². The molecule has 3 N–H and O–H groups in total. The summed E-state index contributed by atoms with van der Waals surface area (Å²) in [6.07, 6.45) is 1.67. The number of furan rings is 1. The van der Waals surface area contributed by atoms with Crippen LogP contribution in [0.15, 0.2) is 28.9 Å². The summed E-state index contributed by atoms with van der Waals surface area (Å²) < 4.78 is 5.56. The molecule has 0 fully saturated rings. The van der Waals surface area contributed by atoms with Crippen molar-refractivity contribution in [1.29, 1.82) is 0 Å². The van der Waals surface area contributed by atoms with Crippen LogP contribution in [-0.2, 0) is 4.79 Å². The third kappa shape index (κ3) is 2.79. The van der Waals surface area contributed by atoms with Gasteiger partial charge >= 0.3 is 5.97 Å². The second-order valence-electron chi connectivity index (χ2n) is 5.13. The molecule has 19 heavy (non-hydrogen) atoms. The van der Waals surface area contributed by atoms with Gasteiger partial charge in [0.25, 0.3) is 0 Å². The number of nitrogens with two attached hydrogens (primary N) is 1. The molecule has 1 aromatic heterocycles. The molecule has 4 heteroatoms. The van der Waals surface area contributed by atoms with E-state index in [9.17, 15) is 4.79 Å². The molecule has 0 aliphatic heterocycles. The second-order valence-corrected chi connectivity index (χ2v) is 5.13. The highest BCUT2D eigenvalue weighted by Gasteiger charge is 2.20. The Bertz CT molecular complexity index is 586. The molecule has 0 bridgehead atoms. The van der Waals surface area contributed by atoms with Crippen LogP contribution in [0.2, 0.25) is 0 Å². The minimum atomic E-state index is -0.862. The van der Waals surface area contributed by atoms with Crippen molar-refractivity contribution < 1.29 is 14.3 Å². The van der Waals surface area contributed by atoms with Gasteiger partial charge in [-0.05, 0) is 17.5 Å². The van der Waals surface area contributed by atoms with Gasteiger partial charge in [-0.15, -0.1) is 0 Å². The van der Waals surface area contributed by atoms with Gasteiger partial charge in [-0.1, -0.05) is 26.0 Å². The lowest BCUT2D eigenvalue weighted by Crippen LogP contribution is -2.15. The maximum Gasteiger partial charge on any atom is 0.304 e. The van der Waals surface area contributed by atoms with E-state index >= 15 is 0 Å². The van der Waals surface area contributed by atoms with Crippen molar-refractivity contribution in [2.75, 3.05) is 6.54 Å². The van der Waals surface area contributed by atoms with Crippen molar-refractivity contribution in [3.05, 3.63) is 35.8 Å². The maximum absolute atomic E-state index is 10.8. The third-order valence-electron chi connectivity index (χ3n) is 3.40. The average molecular weight is 261 g/mol. The summed E-state index contributed by atoms with van der Waals surface area (Å²) in [5.74, 6) is -0.0130. The largest absolute Gasteiger partial charge is 0.481 e. The van der Waals surface area contributed by atoms with E-state index in [1.54, 1.807) is 6.26 Å². The summed E-state index contributed by atoms with van der Waals surface area (Å²) in [5, 5.41) is 10.9. The predicted molar refractivity (Wildman–Crippen MR) is 74.4 cm³/mol. The van der Waals surface area contributed by atoms with E-state index in [4.69, 9.17) is 15.3 Å². The SMILES string of the molecule is CC(C)c1ccc2c(C(CN)CC(=O)O)occ2c1. The van der Waals surface area contributed by atoms with Crippen LogP contribution in [0.25, 0.3) is 10.8 Å². The van der Waals surface area contributed by atoms with Gasteiger partial charge in [0.2, 0.25) is 0 Å². The normalized spacial score (nSPS) is 13.1. The van der Waals surface area contributed by atoms with Crippen LogP contribution in [0.3, 0.4) is 0 Å². The number of benzene rings is 1. The Balaban J connectivity index is 2.42. The Morgan fingerprint density at radius 1 is 1.42 bits per heavy atom. The molecular formula is C15H19NO3. The fraction of sp³-hybridized carbons (Fsp3) is 0.400. The van der Waals surface area contributed by atoms with Crippen molar-refractivity contribution >= 4 is 16.7 Å². The molecule has 2 rings (SSSR count). The van der Waals surface area contributed by atoms with Gasteiger partial charge in [0.05, 0.1) is 12.7 Å². The lowest BCUT2D eigenvalue weighted by Gasteiger charge is -2.10. The van der Waals surface area contributed by atoms with Gasteiger partial charge < -0.3 is 15.3 Å². The number of carboxylic acid groups (broad SMARTS) is 1. The standard InChI is InChI=1S/C15H19NO3/c1-9(2)10-3-4-13-12(5-10)8-19-15(13)11(7-16)6-14(17)18/h3-5,8-9,11H,6-7,16H2,1-2H3,(H,17,18). The Morgan fingerprint density at radius 2 is 2.16 bits per heavy atom. The van der Waals surface area contributed by atoms with Crippen LogP contribution in [-0.4, -0.2) is 17.6 Å². The zero-order valence-corrected chi connectivity index (χ0v) is 11.2. The molecule has 4 nitrogen and oxygen atoms in total. The molecule has 0 radical (unpaired) electrons. The van der Waals surface area contributed by atoms with E-state index in [1.165, 1.54) is 5.56 Å². The highest BCUT2D eigenvalue weighted by atomic mass is 16.4. The van der Waals surface area contributed by atoms with Crippen LogP contribution < -0.4 is 5.73 Å². The van der Waals surface area contributed by atoms with E-state index in [0.29, 0.717) is 11.7 Å². The number of aliphatic carboxylic acids is 1. The molecule has 1 atom stereocenters. The average Bonchev–Trinajstić information content (AvgIpc) is 2.78. The zero-order valence-electron chi connectivity index (χ0n) is 11.2. The van der Waals surface area contributed by atoms with Crippen LogP contribution in [0.1, 0.15) is 43.4 Å². The van der Waals surface area contributed by atoms with E-state index < -0.39 is 5.97 Å². The first-order chi connectivity index (χ1) is 9.02. The van der Waals surface area contributed by atoms with Crippen LogP contribution in [0.4, 0.5) is 0 Å². The Kier molecular flexibility index (Phi) is 3.90. The number of hydrogen-bond donors (Lipinski definition) is 2. The maximum atomic E-state index is 10.8. The lowest BCUT2D eigenvalue weighted by atomic mass is 9.96. The topological polar surface area (TPSA) is 76.5 Å². The quantitative estimate of drug-likeness (QED) is 0.867. The molecule has 0 saturated carbocycles. The number of hydrogen-bond acceptors (Lipinski definition) is 3. The molecule has 2 aromatic rings. The summed E-state index contributed by atoms with van der Waals surface area (Å²) in [4.78, 5) is 10.8. The number of carbonyl (C=O) groups is 1. The first kappa shape index (κ1) is 13.6. The molecule has 0 saturated heterocycles. The van der Waals surface area contributed by atoms with Crippen molar-refractivity contribution in [3.8, 4) is 0 Å². The van der Waals surface area contributed by atoms with Crippen molar-refractivity contribution in [2.24, 2.45) is 5.73 Å². The molecule has 1 aromatic carbocycles. The van der Waals surface area contributed by atoms with Crippen LogP contribution in [0, 0.1) is 0 Å². The smallest absolute Gasteiger partial charge is 0.304 e. The first-order valence-electron chi connectivity index (χ1n) is 6.45. The minimum Gasteiger partial charge on any atom is -0.481 e. The summed E-state index contributed by atoms with van der Waals surface area (Å²) in [7, 11) is 0. The molecule has 1 unspecified atom stereocenters. The molecule has 0 aliphatic carbocycles. The van der Waals surface area contributed by atoms with Gasteiger partial charge in [-0.2, -0.15) is 0 Å². The van der Waals surface area contributed by atoms with Crippen molar-refractivity contribution in [2.45, 2.75) is 32.1 Å². The monoisotopic (exact) mass is 261 g/mol. The van der Waals surface area contributed by atoms with E-state index in [1.807, 2.05) is 6.07 Å². The molecular weight excluding hydrogens is 242 g/mol. The van der Waals surface area contributed by atoms with Gasteiger partial charge in [0.15, 0.2) is 0 Å². The zero-order chi connectivity index (χ0) is 14.0. The first-order valence-corrected chi connectivity index (χ1v) is 6.45. The molecule has 0 aliphatic rings. The molecule has 102 valence electrons. The Morgan fingerprint density at radius 3 is 2.74 bits per heavy atom. The third-order valence-corrected chi connectivity index (χ3v) is 3.40. The molecule has 0 spiro atoms. The van der Waals surface area contributed by atoms with Gasteiger partial charge in [-0.3, -0.25) is 4.79 Å². The number of fused-ring (bicyclic) bond motifs is 1. The Hall–Kier alpha value is -1.81. The van der Waals surface area contributed by atoms with Crippen LogP contribution >= 0.6 is 0 Å². The van der Waals surface area contributed by atoms with E-state index in [-0.39, 0.29) is 18.9 Å². The number of rotatable bonds is 5. The second kappa shape index (κ2) is 5.45. The fourth-order valence-corrected chi connectivity index (χ4v) is 2.26. The summed E-state index contributed by atoms with van der Waals surface area (Å²) in [6.45, 7) is 4.53. The summed E-state index contributed by atoms with van der Waals surface area (Å²) in [5.41, 5.74) is 6.90. The van der Waals surface area contributed by atoms with Crippen molar-refractivity contribution in [3.63, 3.8) is 0 Å². The lowest BCUT2D eigenvalue weighted by molar-refractivity contribution is -0.137. The molecule has 1 heterocycles. The highest BCUT2D eigenvalue weighted by Crippen LogP contribution is 2.31. The van der Waals surface area contributed by atoms with E-state index in [2.05, 4.69) is 26.0 Å². The van der Waals surface area contributed by atoms with Gasteiger partial charge in [0.1, 0.15) is 5.76 Å². The van der Waals surface area contributed by atoms with Gasteiger partial charge in [-0.25, -0.2) is 0 Å². The summed E-state index contributed by atoms with van der Waals surface area (Å²) in [6, 6.07) is 6.13. The molecule has 0 amide bonds. The predicted octanol–water partition coefficient (Wildman–Crippen LogP) is 3.07. The van der Waals surface area contributed by atoms with Gasteiger partial charge in [0, 0.05) is 23.2 Å².